The lowest BCUT2D eigenvalue weighted by molar-refractivity contribution is -0.127. The maximum atomic E-state index is 11.9. The normalized spacial score (nSPS) is 20.9. The van der Waals surface area contributed by atoms with E-state index in [2.05, 4.69) is 51.9 Å². The molecule has 1 aromatic carbocycles. The second kappa shape index (κ2) is 7.00. The van der Waals surface area contributed by atoms with E-state index in [1.165, 1.54) is 16.8 Å². The molecule has 0 bridgehead atoms. The van der Waals surface area contributed by atoms with Gasteiger partial charge in [0, 0.05) is 45.3 Å². The number of fused-ring (bicyclic) bond motifs is 1. The molecule has 2 aliphatic heterocycles. The molecule has 0 N–H and O–H groups in total. The number of rotatable bonds is 5. The highest BCUT2D eigenvalue weighted by Crippen LogP contribution is 2.25. The monoisotopic (exact) mass is 338 g/mol. The minimum absolute atomic E-state index is 0.313. The van der Waals surface area contributed by atoms with E-state index >= 15 is 0 Å². The molecule has 132 valence electrons. The minimum Gasteiger partial charge on any atom is -0.343 e. The highest BCUT2D eigenvalue weighted by atomic mass is 16.2. The maximum absolute atomic E-state index is 11.9. The van der Waals surface area contributed by atoms with Crippen LogP contribution in [0, 0.1) is 6.92 Å². The molecule has 1 saturated heterocycles. The Hall–Kier alpha value is -2.14. The van der Waals surface area contributed by atoms with Crippen molar-refractivity contribution in [2.75, 3.05) is 19.6 Å². The van der Waals surface area contributed by atoms with Crippen LogP contribution in [0.25, 0.3) is 0 Å². The summed E-state index contributed by atoms with van der Waals surface area (Å²) in [4.78, 5) is 16.4. The predicted octanol–water partition coefficient (Wildman–Crippen LogP) is 2.76. The number of benzene rings is 1. The third-order valence-electron chi connectivity index (χ3n) is 5.34. The topological polar surface area (TPSA) is 41.4 Å². The van der Waals surface area contributed by atoms with Crippen LogP contribution in [0.4, 0.5) is 0 Å². The quantitative estimate of drug-likeness (QED) is 0.842. The Morgan fingerprint density at radius 1 is 1.28 bits per heavy atom. The van der Waals surface area contributed by atoms with Gasteiger partial charge < -0.3 is 4.90 Å². The fourth-order valence-corrected chi connectivity index (χ4v) is 4.11. The SMILES string of the molecule is Cc1cccc(CN2Cc3ccnn3[C@@H](CCN3CCCC3=O)C2)c1. The number of amides is 1. The van der Waals surface area contributed by atoms with Crippen molar-refractivity contribution in [3.05, 3.63) is 53.3 Å². The molecule has 0 radical (unpaired) electrons. The van der Waals surface area contributed by atoms with E-state index in [1.807, 2.05) is 11.1 Å². The van der Waals surface area contributed by atoms with E-state index < -0.39 is 0 Å². The van der Waals surface area contributed by atoms with Crippen LogP contribution in [-0.2, 0) is 17.9 Å². The Kier molecular flexibility index (Phi) is 4.57. The zero-order valence-electron chi connectivity index (χ0n) is 14.9. The Balaban J connectivity index is 1.44. The van der Waals surface area contributed by atoms with Crippen molar-refractivity contribution < 1.29 is 4.79 Å². The van der Waals surface area contributed by atoms with E-state index in [0.717, 1.165) is 52.0 Å². The van der Waals surface area contributed by atoms with Crippen molar-refractivity contribution in [3.63, 3.8) is 0 Å². The van der Waals surface area contributed by atoms with Crippen LogP contribution in [0.3, 0.4) is 0 Å². The van der Waals surface area contributed by atoms with Crippen molar-refractivity contribution in [1.82, 2.24) is 19.6 Å². The van der Waals surface area contributed by atoms with Gasteiger partial charge in [-0.1, -0.05) is 29.8 Å². The molecule has 0 saturated carbocycles. The zero-order chi connectivity index (χ0) is 17.2. The van der Waals surface area contributed by atoms with Gasteiger partial charge in [0.1, 0.15) is 0 Å². The van der Waals surface area contributed by atoms with Gasteiger partial charge in [-0.05, 0) is 31.4 Å². The maximum Gasteiger partial charge on any atom is 0.222 e. The molecule has 1 aromatic heterocycles. The lowest BCUT2D eigenvalue weighted by atomic mass is 10.1. The number of carbonyl (C=O) groups excluding carboxylic acids is 1. The number of hydrogen-bond donors (Lipinski definition) is 0. The van der Waals surface area contributed by atoms with Crippen LogP contribution in [0.15, 0.2) is 36.5 Å². The van der Waals surface area contributed by atoms with Gasteiger partial charge >= 0.3 is 0 Å². The van der Waals surface area contributed by atoms with E-state index in [9.17, 15) is 4.79 Å². The van der Waals surface area contributed by atoms with Crippen molar-refractivity contribution >= 4 is 5.91 Å². The summed E-state index contributed by atoms with van der Waals surface area (Å²) in [5.74, 6) is 0.313. The molecule has 0 unspecified atom stereocenters. The summed E-state index contributed by atoms with van der Waals surface area (Å²) in [5, 5.41) is 4.54. The van der Waals surface area contributed by atoms with Crippen molar-refractivity contribution in [2.24, 2.45) is 0 Å². The number of likely N-dealkylation sites (tertiary alicyclic amines) is 1. The highest BCUT2D eigenvalue weighted by Gasteiger charge is 2.27. The molecule has 5 heteroatoms. The average molecular weight is 338 g/mol. The first-order chi connectivity index (χ1) is 12.2. The molecule has 2 aromatic rings. The molecule has 5 nitrogen and oxygen atoms in total. The summed E-state index contributed by atoms with van der Waals surface area (Å²) in [6, 6.07) is 11.2. The zero-order valence-corrected chi connectivity index (χ0v) is 14.9. The van der Waals surface area contributed by atoms with Crippen molar-refractivity contribution in [1.29, 1.82) is 0 Å². The lowest BCUT2D eigenvalue weighted by Crippen LogP contribution is -2.39. The summed E-state index contributed by atoms with van der Waals surface area (Å²) >= 11 is 0. The highest BCUT2D eigenvalue weighted by molar-refractivity contribution is 5.77. The molecule has 3 heterocycles. The predicted molar refractivity (Wildman–Crippen MR) is 97.0 cm³/mol. The number of carbonyl (C=O) groups is 1. The summed E-state index contributed by atoms with van der Waals surface area (Å²) in [6.07, 6.45) is 4.61. The Morgan fingerprint density at radius 2 is 2.20 bits per heavy atom. The minimum atomic E-state index is 0.313. The first-order valence-electron chi connectivity index (χ1n) is 9.27. The summed E-state index contributed by atoms with van der Waals surface area (Å²) in [6.45, 7) is 6.81. The molecule has 0 aliphatic carbocycles. The van der Waals surface area contributed by atoms with Gasteiger partial charge in [0.25, 0.3) is 0 Å². The van der Waals surface area contributed by atoms with Gasteiger partial charge in [0.15, 0.2) is 0 Å². The first kappa shape index (κ1) is 16.3. The molecular weight excluding hydrogens is 312 g/mol. The number of hydrogen-bond acceptors (Lipinski definition) is 3. The van der Waals surface area contributed by atoms with Crippen LogP contribution in [0.2, 0.25) is 0 Å². The number of aryl methyl sites for hydroxylation is 1. The van der Waals surface area contributed by atoms with Crippen molar-refractivity contribution in [3.8, 4) is 0 Å². The molecule has 1 fully saturated rings. The van der Waals surface area contributed by atoms with Crippen LogP contribution in [-0.4, -0.2) is 45.1 Å². The van der Waals surface area contributed by atoms with Gasteiger partial charge in [-0.15, -0.1) is 0 Å². The lowest BCUT2D eigenvalue weighted by Gasteiger charge is -2.34. The number of aromatic nitrogens is 2. The molecule has 1 atom stereocenters. The standard InChI is InChI=1S/C20H26N4O/c1-16-4-2-5-17(12-16)13-22-14-18-7-9-21-24(18)19(15-22)8-11-23-10-3-6-20(23)25/h2,4-5,7,9,12,19H,3,6,8,10-11,13-15H2,1H3/t19-/m0/s1. The van der Waals surface area contributed by atoms with Crippen LogP contribution >= 0.6 is 0 Å². The van der Waals surface area contributed by atoms with Gasteiger partial charge in [-0.2, -0.15) is 5.10 Å². The molecule has 2 aliphatic rings. The molecular formula is C20H26N4O. The van der Waals surface area contributed by atoms with Crippen LogP contribution in [0.1, 0.15) is 42.1 Å². The summed E-state index contributed by atoms with van der Waals surface area (Å²) in [7, 11) is 0. The average Bonchev–Trinajstić information content (AvgIpc) is 3.21. The van der Waals surface area contributed by atoms with Gasteiger partial charge in [0.2, 0.25) is 5.91 Å². The first-order valence-corrected chi connectivity index (χ1v) is 9.27. The van der Waals surface area contributed by atoms with Crippen LogP contribution < -0.4 is 0 Å². The third-order valence-corrected chi connectivity index (χ3v) is 5.34. The van der Waals surface area contributed by atoms with Gasteiger partial charge in [-0.3, -0.25) is 14.4 Å². The Labute approximate surface area is 149 Å². The summed E-state index contributed by atoms with van der Waals surface area (Å²) < 4.78 is 2.17. The van der Waals surface area contributed by atoms with E-state index in [-0.39, 0.29) is 0 Å². The third kappa shape index (κ3) is 3.61. The number of nitrogens with zero attached hydrogens (tertiary/aromatic N) is 4. The summed E-state index contributed by atoms with van der Waals surface area (Å²) in [5.41, 5.74) is 3.95. The molecule has 1 amide bonds. The molecule has 0 spiro atoms. The van der Waals surface area contributed by atoms with E-state index in [1.54, 1.807) is 0 Å². The van der Waals surface area contributed by atoms with Gasteiger partial charge in [0.05, 0.1) is 11.7 Å². The molecule has 4 rings (SSSR count). The molecule has 25 heavy (non-hydrogen) atoms. The van der Waals surface area contributed by atoms with Gasteiger partial charge in [-0.25, -0.2) is 0 Å². The second-order valence-electron chi connectivity index (χ2n) is 7.35. The fourth-order valence-electron chi connectivity index (χ4n) is 4.11. The fraction of sp³-hybridized carbons (Fsp3) is 0.500. The van der Waals surface area contributed by atoms with Crippen molar-refractivity contribution in [2.45, 2.75) is 45.3 Å². The smallest absolute Gasteiger partial charge is 0.222 e. The van der Waals surface area contributed by atoms with E-state index in [4.69, 9.17) is 0 Å². The Morgan fingerprint density at radius 3 is 3.00 bits per heavy atom. The largest absolute Gasteiger partial charge is 0.343 e. The van der Waals surface area contributed by atoms with E-state index in [0.29, 0.717) is 11.9 Å². The second-order valence-corrected chi connectivity index (χ2v) is 7.35. The Bertz CT molecular complexity index is 754. The van der Waals surface area contributed by atoms with Crippen LogP contribution in [0.5, 0.6) is 0 Å².